The van der Waals surface area contributed by atoms with Crippen LogP contribution in [0.15, 0.2) is 72.8 Å². The summed E-state index contributed by atoms with van der Waals surface area (Å²) >= 11 is 0. The van der Waals surface area contributed by atoms with Crippen molar-refractivity contribution in [1.82, 2.24) is 4.57 Å². The highest BCUT2D eigenvalue weighted by Crippen LogP contribution is 2.41. The molecule has 0 saturated heterocycles. The number of fused-ring (bicyclic) bond motifs is 1. The molecule has 170 valence electrons. The van der Waals surface area contributed by atoms with Crippen LogP contribution in [0.25, 0.3) is 10.9 Å². The number of esters is 1. The number of benzene rings is 3. The molecule has 2 unspecified atom stereocenters. The van der Waals surface area contributed by atoms with E-state index in [4.69, 9.17) is 15.2 Å². The van der Waals surface area contributed by atoms with Crippen molar-refractivity contribution in [3.8, 4) is 17.2 Å². The number of hydrogen-bond acceptors (Lipinski definition) is 6. The largest absolute Gasteiger partial charge is 0.457 e. The molecular formula is C26H26N2O5. The Labute approximate surface area is 191 Å². The molecule has 4 rings (SSSR count). The van der Waals surface area contributed by atoms with Crippen LogP contribution in [0.1, 0.15) is 29.8 Å². The van der Waals surface area contributed by atoms with Crippen molar-refractivity contribution in [2.75, 3.05) is 0 Å². The highest BCUT2D eigenvalue weighted by Gasteiger charge is 2.27. The van der Waals surface area contributed by atoms with Gasteiger partial charge in [-0.1, -0.05) is 48.5 Å². The Kier molecular flexibility index (Phi) is 6.46. The molecule has 0 bridgehead atoms. The highest BCUT2D eigenvalue weighted by molar-refractivity contribution is 5.94. The lowest BCUT2D eigenvalue weighted by Crippen LogP contribution is -2.28. The van der Waals surface area contributed by atoms with E-state index < -0.39 is 18.3 Å². The first-order chi connectivity index (χ1) is 15.8. The first kappa shape index (κ1) is 22.5. The average molecular weight is 447 g/mol. The standard InChI is InChI=1S/C26H26N2O5/c1-16-23(25(30)26(27)31)24-21(28(16)15-18-9-5-3-6-10-18)13-20(14-22(24)32-17(2)29)33-19-11-7-4-8-12-19/h3-14,25-26,30-31H,15,27H2,1-2H3. The second-order valence-corrected chi connectivity index (χ2v) is 7.83. The van der Waals surface area contributed by atoms with Crippen molar-refractivity contribution in [1.29, 1.82) is 0 Å². The van der Waals surface area contributed by atoms with Gasteiger partial charge in [0.05, 0.1) is 5.52 Å². The second kappa shape index (κ2) is 9.46. The predicted octanol–water partition coefficient (Wildman–Crippen LogP) is 4.03. The van der Waals surface area contributed by atoms with Crippen molar-refractivity contribution in [2.45, 2.75) is 32.7 Å². The summed E-state index contributed by atoms with van der Waals surface area (Å²) in [5.74, 6) is 0.790. The molecular weight excluding hydrogens is 420 g/mol. The van der Waals surface area contributed by atoms with Crippen molar-refractivity contribution >= 4 is 16.9 Å². The Morgan fingerprint density at radius 3 is 2.24 bits per heavy atom. The summed E-state index contributed by atoms with van der Waals surface area (Å²) in [7, 11) is 0. The summed E-state index contributed by atoms with van der Waals surface area (Å²) in [4.78, 5) is 11.9. The number of para-hydroxylation sites is 1. The molecule has 0 spiro atoms. The molecule has 1 heterocycles. The van der Waals surface area contributed by atoms with Crippen LogP contribution in [0.4, 0.5) is 0 Å². The quantitative estimate of drug-likeness (QED) is 0.225. The van der Waals surface area contributed by atoms with E-state index in [0.717, 1.165) is 5.56 Å². The van der Waals surface area contributed by atoms with Crippen LogP contribution in [-0.2, 0) is 11.3 Å². The first-order valence-electron chi connectivity index (χ1n) is 10.6. The molecule has 4 aromatic rings. The number of rotatable bonds is 7. The van der Waals surface area contributed by atoms with Gasteiger partial charge in [0.2, 0.25) is 0 Å². The molecule has 3 aromatic carbocycles. The molecule has 0 radical (unpaired) electrons. The Bertz CT molecular complexity index is 1270. The summed E-state index contributed by atoms with van der Waals surface area (Å²) in [6, 6.07) is 22.5. The van der Waals surface area contributed by atoms with Crippen LogP contribution >= 0.6 is 0 Å². The SMILES string of the molecule is CC(=O)Oc1cc(Oc2ccccc2)cc2c1c(C(O)C(N)O)c(C)n2Cc1ccccc1. The van der Waals surface area contributed by atoms with E-state index in [1.54, 1.807) is 6.07 Å². The zero-order valence-electron chi connectivity index (χ0n) is 18.4. The monoisotopic (exact) mass is 446 g/mol. The van der Waals surface area contributed by atoms with Gasteiger partial charge in [0.25, 0.3) is 0 Å². The lowest BCUT2D eigenvalue weighted by molar-refractivity contribution is -0.131. The van der Waals surface area contributed by atoms with E-state index in [1.807, 2.05) is 78.2 Å². The second-order valence-electron chi connectivity index (χ2n) is 7.83. The van der Waals surface area contributed by atoms with Gasteiger partial charge < -0.3 is 30.0 Å². The summed E-state index contributed by atoms with van der Waals surface area (Å²) in [6.45, 7) is 3.63. The molecule has 0 saturated carbocycles. The van der Waals surface area contributed by atoms with Crippen LogP contribution in [0.5, 0.6) is 17.2 Å². The van der Waals surface area contributed by atoms with E-state index in [9.17, 15) is 15.0 Å². The third kappa shape index (κ3) is 4.75. The molecule has 7 heteroatoms. The summed E-state index contributed by atoms with van der Waals surface area (Å²) in [5, 5.41) is 21.2. The van der Waals surface area contributed by atoms with Crippen molar-refractivity contribution in [3.05, 3.63) is 89.6 Å². The maximum Gasteiger partial charge on any atom is 0.308 e. The molecule has 33 heavy (non-hydrogen) atoms. The van der Waals surface area contributed by atoms with Crippen LogP contribution < -0.4 is 15.2 Å². The minimum Gasteiger partial charge on any atom is -0.457 e. The number of carbonyl (C=O) groups excluding carboxylic acids is 1. The zero-order valence-corrected chi connectivity index (χ0v) is 18.4. The summed E-state index contributed by atoms with van der Waals surface area (Å²) in [6.07, 6.45) is -2.88. The lowest BCUT2D eigenvalue weighted by atomic mass is 10.0. The van der Waals surface area contributed by atoms with Gasteiger partial charge in [0.15, 0.2) is 0 Å². The minimum atomic E-state index is -1.51. The lowest BCUT2D eigenvalue weighted by Gasteiger charge is -2.16. The van der Waals surface area contributed by atoms with E-state index in [0.29, 0.717) is 40.2 Å². The van der Waals surface area contributed by atoms with Gasteiger partial charge in [-0.2, -0.15) is 0 Å². The number of aromatic nitrogens is 1. The fourth-order valence-electron chi connectivity index (χ4n) is 3.99. The maximum absolute atomic E-state index is 11.9. The number of nitrogens with two attached hydrogens (primary N) is 1. The molecule has 0 aliphatic heterocycles. The van der Waals surface area contributed by atoms with Crippen molar-refractivity contribution < 1.29 is 24.5 Å². The third-order valence-corrected chi connectivity index (χ3v) is 5.45. The molecule has 0 aliphatic carbocycles. The van der Waals surface area contributed by atoms with Gasteiger partial charge in [-0.15, -0.1) is 0 Å². The van der Waals surface area contributed by atoms with Gasteiger partial charge in [0.1, 0.15) is 29.6 Å². The van der Waals surface area contributed by atoms with Crippen LogP contribution in [0.2, 0.25) is 0 Å². The van der Waals surface area contributed by atoms with Gasteiger partial charge in [-0.3, -0.25) is 4.79 Å². The van der Waals surface area contributed by atoms with Gasteiger partial charge in [-0.25, -0.2) is 0 Å². The van der Waals surface area contributed by atoms with Gasteiger partial charge in [0, 0.05) is 42.2 Å². The average Bonchev–Trinajstić information content (AvgIpc) is 3.06. The minimum absolute atomic E-state index is 0.218. The fourth-order valence-corrected chi connectivity index (χ4v) is 3.99. The molecule has 0 fully saturated rings. The third-order valence-electron chi connectivity index (χ3n) is 5.45. The Morgan fingerprint density at radius 1 is 1.00 bits per heavy atom. The summed E-state index contributed by atoms with van der Waals surface area (Å²) < 4.78 is 13.5. The number of hydrogen-bond donors (Lipinski definition) is 3. The van der Waals surface area contributed by atoms with Crippen LogP contribution in [0.3, 0.4) is 0 Å². The van der Waals surface area contributed by atoms with Crippen LogP contribution in [-0.4, -0.2) is 27.0 Å². The first-order valence-corrected chi connectivity index (χ1v) is 10.6. The number of nitrogens with zero attached hydrogens (tertiary/aromatic N) is 1. The van der Waals surface area contributed by atoms with Crippen molar-refractivity contribution in [3.63, 3.8) is 0 Å². The zero-order chi connectivity index (χ0) is 23.5. The molecule has 4 N–H and O–H groups in total. The van der Waals surface area contributed by atoms with E-state index >= 15 is 0 Å². The van der Waals surface area contributed by atoms with Gasteiger partial charge in [-0.05, 0) is 24.6 Å². The normalized spacial score (nSPS) is 13.0. The molecule has 0 amide bonds. The number of ether oxygens (including phenoxy) is 2. The van der Waals surface area contributed by atoms with E-state index in [2.05, 4.69) is 0 Å². The highest BCUT2D eigenvalue weighted by atomic mass is 16.5. The Balaban J connectivity index is 1.96. The summed E-state index contributed by atoms with van der Waals surface area (Å²) in [5.41, 5.74) is 8.44. The topological polar surface area (TPSA) is 107 Å². The fraction of sp³-hybridized carbons (Fsp3) is 0.192. The number of carbonyl (C=O) groups is 1. The Hall–Kier alpha value is -3.65. The number of aliphatic hydroxyl groups excluding tert-OH is 2. The van der Waals surface area contributed by atoms with Crippen molar-refractivity contribution in [2.24, 2.45) is 5.73 Å². The van der Waals surface area contributed by atoms with E-state index in [1.165, 1.54) is 6.92 Å². The van der Waals surface area contributed by atoms with Crippen LogP contribution in [0, 0.1) is 6.92 Å². The smallest absolute Gasteiger partial charge is 0.308 e. The molecule has 2 atom stereocenters. The van der Waals surface area contributed by atoms with E-state index in [-0.39, 0.29) is 5.75 Å². The molecule has 0 aliphatic rings. The Morgan fingerprint density at radius 2 is 1.64 bits per heavy atom. The molecule has 1 aromatic heterocycles. The maximum atomic E-state index is 11.9. The number of aliphatic hydroxyl groups is 2. The molecule has 7 nitrogen and oxygen atoms in total. The van der Waals surface area contributed by atoms with Gasteiger partial charge >= 0.3 is 5.97 Å². The predicted molar refractivity (Wildman–Crippen MR) is 125 cm³/mol.